The molecule has 0 amide bonds. The summed E-state index contributed by atoms with van der Waals surface area (Å²) in [6.45, 7) is 2.49. The number of aliphatic imine (C=N–C) groups is 1. The van der Waals surface area contributed by atoms with Crippen molar-refractivity contribution in [3.8, 4) is 6.19 Å². The second-order valence-corrected chi connectivity index (χ2v) is 4.66. The molecule has 0 fully saturated rings. The first kappa shape index (κ1) is 15.0. The zero-order valence-electron chi connectivity index (χ0n) is 10.9. The van der Waals surface area contributed by atoms with Crippen LogP contribution in [0.1, 0.15) is 5.69 Å². The van der Waals surface area contributed by atoms with Crippen molar-refractivity contribution in [2.24, 2.45) is 4.99 Å². The summed E-state index contributed by atoms with van der Waals surface area (Å²) in [4.78, 5) is 15.3. The van der Waals surface area contributed by atoms with Crippen LogP contribution in [0.3, 0.4) is 0 Å². The van der Waals surface area contributed by atoms with Crippen molar-refractivity contribution >= 4 is 17.7 Å². The van der Waals surface area contributed by atoms with E-state index in [-0.39, 0.29) is 5.56 Å². The minimum absolute atomic E-state index is 0.104. The highest BCUT2D eigenvalue weighted by molar-refractivity contribution is 7.98. The van der Waals surface area contributed by atoms with Gasteiger partial charge in [-0.1, -0.05) is 0 Å². The second-order valence-electron chi connectivity index (χ2n) is 3.59. The lowest BCUT2D eigenvalue weighted by Gasteiger charge is -2.07. The number of nitrogens with zero attached hydrogens (tertiary/aromatic N) is 4. The van der Waals surface area contributed by atoms with E-state index < -0.39 is 0 Å². The van der Waals surface area contributed by atoms with Gasteiger partial charge in [0.2, 0.25) is 5.96 Å². The molecule has 19 heavy (non-hydrogen) atoms. The summed E-state index contributed by atoms with van der Waals surface area (Å²) >= 11 is 1.57. The molecule has 0 saturated heterocycles. The number of rotatable bonds is 5. The van der Waals surface area contributed by atoms with Crippen molar-refractivity contribution in [1.29, 1.82) is 5.26 Å². The monoisotopic (exact) mass is 280 g/mol. The van der Waals surface area contributed by atoms with E-state index in [4.69, 9.17) is 5.26 Å². The SMILES string of the molecule is CN=C(NC#N)NCCSCn1nc(C)ccc1=O. The summed E-state index contributed by atoms with van der Waals surface area (Å²) in [5.74, 6) is 1.72. The molecule has 0 spiro atoms. The summed E-state index contributed by atoms with van der Waals surface area (Å²) in [5.41, 5.74) is 0.713. The molecule has 0 bridgehead atoms. The molecule has 1 rings (SSSR count). The standard InChI is InChI=1S/C11H16N6OS/c1-9-3-4-10(18)17(16-9)8-19-6-5-14-11(13-2)15-7-12/h3-4H,5-6,8H2,1-2H3,(H2,13,14,15). The topological polar surface area (TPSA) is 95.1 Å². The summed E-state index contributed by atoms with van der Waals surface area (Å²) < 4.78 is 1.43. The van der Waals surface area contributed by atoms with E-state index >= 15 is 0 Å². The van der Waals surface area contributed by atoms with E-state index in [9.17, 15) is 4.79 Å². The summed E-state index contributed by atoms with van der Waals surface area (Å²) in [6.07, 6.45) is 1.79. The Morgan fingerprint density at radius 3 is 3.11 bits per heavy atom. The van der Waals surface area contributed by atoms with Gasteiger partial charge < -0.3 is 5.32 Å². The Labute approximate surface area is 115 Å². The predicted octanol–water partition coefficient (Wildman–Crippen LogP) is -0.112. The number of aromatic nitrogens is 2. The minimum atomic E-state index is -0.104. The fourth-order valence-electron chi connectivity index (χ4n) is 1.27. The summed E-state index contributed by atoms with van der Waals surface area (Å²) in [5, 5.41) is 18.0. The zero-order chi connectivity index (χ0) is 14.1. The molecule has 0 aromatic carbocycles. The third kappa shape index (κ3) is 5.44. The molecule has 0 saturated carbocycles. The fourth-order valence-corrected chi connectivity index (χ4v) is 2.00. The maximum Gasteiger partial charge on any atom is 0.267 e. The van der Waals surface area contributed by atoms with Gasteiger partial charge in [-0.15, -0.1) is 11.8 Å². The molecule has 0 atom stereocenters. The highest BCUT2D eigenvalue weighted by atomic mass is 32.2. The molecule has 0 unspecified atom stereocenters. The summed E-state index contributed by atoms with van der Waals surface area (Å²) in [6, 6.07) is 3.21. The number of guanidine groups is 1. The third-order valence-corrected chi connectivity index (χ3v) is 3.07. The van der Waals surface area contributed by atoms with Crippen molar-refractivity contribution in [3.05, 3.63) is 28.2 Å². The van der Waals surface area contributed by atoms with Gasteiger partial charge in [-0.25, -0.2) is 4.68 Å². The first-order valence-corrected chi connectivity index (χ1v) is 6.81. The average Bonchev–Trinajstić information content (AvgIpc) is 2.41. The van der Waals surface area contributed by atoms with E-state index in [1.807, 2.05) is 6.92 Å². The Balaban J connectivity index is 2.30. The molecule has 102 valence electrons. The van der Waals surface area contributed by atoms with E-state index in [1.54, 1.807) is 31.1 Å². The van der Waals surface area contributed by atoms with Gasteiger partial charge in [0.25, 0.3) is 5.56 Å². The van der Waals surface area contributed by atoms with Crippen LogP contribution in [0.15, 0.2) is 21.9 Å². The molecule has 0 aliphatic heterocycles. The number of hydrogen-bond acceptors (Lipinski definition) is 5. The maximum atomic E-state index is 11.5. The van der Waals surface area contributed by atoms with Gasteiger partial charge in [-0.2, -0.15) is 10.4 Å². The van der Waals surface area contributed by atoms with Crippen molar-refractivity contribution in [1.82, 2.24) is 20.4 Å². The van der Waals surface area contributed by atoms with Crippen LogP contribution in [0.25, 0.3) is 0 Å². The Kier molecular flexibility index (Phi) is 6.46. The largest absolute Gasteiger partial charge is 0.355 e. The van der Waals surface area contributed by atoms with E-state index in [1.165, 1.54) is 10.7 Å². The van der Waals surface area contributed by atoms with Crippen molar-refractivity contribution in [2.75, 3.05) is 19.3 Å². The first-order chi connectivity index (χ1) is 9.17. The second kappa shape index (κ2) is 8.16. The molecule has 1 aromatic rings. The van der Waals surface area contributed by atoms with Gasteiger partial charge in [-0.3, -0.25) is 15.1 Å². The van der Waals surface area contributed by atoms with Gasteiger partial charge in [0.05, 0.1) is 11.6 Å². The van der Waals surface area contributed by atoms with E-state index in [0.717, 1.165) is 11.4 Å². The highest BCUT2D eigenvalue weighted by Crippen LogP contribution is 2.00. The van der Waals surface area contributed by atoms with E-state index in [2.05, 4.69) is 20.7 Å². The highest BCUT2D eigenvalue weighted by Gasteiger charge is 1.99. The van der Waals surface area contributed by atoms with Crippen molar-refractivity contribution in [3.63, 3.8) is 0 Å². The molecule has 8 heteroatoms. The lowest BCUT2D eigenvalue weighted by atomic mass is 10.4. The normalized spacial score (nSPS) is 10.9. The number of nitriles is 1. The first-order valence-electron chi connectivity index (χ1n) is 5.65. The van der Waals surface area contributed by atoms with Gasteiger partial charge in [0.1, 0.15) is 0 Å². The molecular weight excluding hydrogens is 264 g/mol. The maximum absolute atomic E-state index is 11.5. The predicted molar refractivity (Wildman–Crippen MR) is 75.8 cm³/mol. The van der Waals surface area contributed by atoms with Crippen molar-refractivity contribution in [2.45, 2.75) is 12.8 Å². The van der Waals surface area contributed by atoms with Crippen LogP contribution < -0.4 is 16.2 Å². The van der Waals surface area contributed by atoms with Crippen LogP contribution in [-0.4, -0.2) is 35.1 Å². The molecular formula is C11H16N6OS. The lowest BCUT2D eigenvalue weighted by molar-refractivity contribution is 0.679. The molecule has 0 aliphatic rings. The Bertz CT molecular complexity index is 533. The molecule has 7 nitrogen and oxygen atoms in total. The van der Waals surface area contributed by atoms with Crippen LogP contribution in [0.2, 0.25) is 0 Å². The number of hydrogen-bond donors (Lipinski definition) is 2. The molecule has 2 N–H and O–H groups in total. The van der Waals surface area contributed by atoms with Gasteiger partial charge >= 0.3 is 0 Å². The average molecular weight is 280 g/mol. The van der Waals surface area contributed by atoms with Crippen LogP contribution in [0.5, 0.6) is 0 Å². The van der Waals surface area contributed by atoms with Gasteiger partial charge in [-0.05, 0) is 13.0 Å². The fraction of sp³-hybridized carbons (Fsp3) is 0.455. The zero-order valence-corrected chi connectivity index (χ0v) is 11.7. The summed E-state index contributed by atoms with van der Waals surface area (Å²) in [7, 11) is 1.59. The van der Waals surface area contributed by atoms with Crippen LogP contribution in [0.4, 0.5) is 0 Å². The molecule has 0 radical (unpaired) electrons. The molecule has 1 aromatic heterocycles. The van der Waals surface area contributed by atoms with Gasteiger partial charge in [0.15, 0.2) is 6.19 Å². The lowest BCUT2D eigenvalue weighted by Crippen LogP contribution is -2.35. The van der Waals surface area contributed by atoms with Crippen LogP contribution in [0, 0.1) is 18.4 Å². The quantitative estimate of drug-likeness (QED) is 0.257. The number of nitrogens with one attached hydrogen (secondary N) is 2. The molecule has 1 heterocycles. The Hall–Kier alpha value is -2.01. The van der Waals surface area contributed by atoms with Crippen LogP contribution in [-0.2, 0) is 5.88 Å². The Morgan fingerprint density at radius 2 is 2.42 bits per heavy atom. The third-order valence-electron chi connectivity index (χ3n) is 2.15. The minimum Gasteiger partial charge on any atom is -0.355 e. The van der Waals surface area contributed by atoms with Crippen molar-refractivity contribution < 1.29 is 0 Å². The van der Waals surface area contributed by atoms with Crippen LogP contribution >= 0.6 is 11.8 Å². The number of aryl methyl sites for hydroxylation is 1. The number of thioether (sulfide) groups is 1. The Morgan fingerprint density at radius 1 is 1.63 bits per heavy atom. The van der Waals surface area contributed by atoms with Gasteiger partial charge in [0, 0.05) is 25.4 Å². The van der Waals surface area contributed by atoms with E-state index in [0.29, 0.717) is 18.4 Å². The smallest absolute Gasteiger partial charge is 0.267 e. The molecule has 0 aliphatic carbocycles.